The van der Waals surface area contributed by atoms with Gasteiger partial charge in [0.25, 0.3) is 0 Å². The van der Waals surface area contributed by atoms with Crippen LogP contribution in [0, 0.1) is 0 Å². The van der Waals surface area contributed by atoms with Gasteiger partial charge in [-0.1, -0.05) is 0 Å². The molecule has 0 aliphatic carbocycles. The predicted octanol–water partition coefficient (Wildman–Crippen LogP) is 1.35. The zero-order chi connectivity index (χ0) is 12.8. The Hall–Kier alpha value is -0.610. The maximum Gasteiger partial charge on any atom is 0.222 e. The second-order valence-corrected chi connectivity index (χ2v) is 4.85. The van der Waals surface area contributed by atoms with E-state index >= 15 is 0 Å². The average Bonchev–Trinajstić information content (AvgIpc) is 2.31. The van der Waals surface area contributed by atoms with Crippen LogP contribution in [0.5, 0.6) is 0 Å². The van der Waals surface area contributed by atoms with Crippen molar-refractivity contribution in [2.45, 2.75) is 45.7 Å². The summed E-state index contributed by atoms with van der Waals surface area (Å²) < 4.78 is 5.26. The summed E-state index contributed by atoms with van der Waals surface area (Å²) in [6.07, 6.45) is 1.45. The molecule has 4 heteroatoms. The molecule has 4 nitrogen and oxygen atoms in total. The Morgan fingerprint density at radius 1 is 1.29 bits per heavy atom. The first kappa shape index (κ1) is 14.5. The second kappa shape index (κ2) is 6.97. The summed E-state index contributed by atoms with van der Waals surface area (Å²) in [6.45, 7) is 9.56. The van der Waals surface area contributed by atoms with Crippen LogP contribution in [-0.2, 0) is 9.53 Å². The molecule has 1 heterocycles. The third kappa shape index (κ3) is 3.96. The van der Waals surface area contributed by atoms with Gasteiger partial charge in [0.2, 0.25) is 5.91 Å². The van der Waals surface area contributed by atoms with Gasteiger partial charge in [-0.15, -0.1) is 0 Å². The highest BCUT2D eigenvalue weighted by Crippen LogP contribution is 2.16. The van der Waals surface area contributed by atoms with Gasteiger partial charge in [-0.05, 0) is 34.2 Å². The van der Waals surface area contributed by atoms with Crippen LogP contribution in [0.15, 0.2) is 0 Å². The van der Waals surface area contributed by atoms with E-state index in [9.17, 15) is 4.79 Å². The topological polar surface area (TPSA) is 32.8 Å². The van der Waals surface area contributed by atoms with Gasteiger partial charge in [0.05, 0.1) is 0 Å². The van der Waals surface area contributed by atoms with Crippen LogP contribution in [-0.4, -0.2) is 61.1 Å². The Morgan fingerprint density at radius 3 is 2.65 bits per heavy atom. The minimum atomic E-state index is 0.275. The molecule has 1 aliphatic rings. The zero-order valence-corrected chi connectivity index (χ0v) is 11.6. The minimum absolute atomic E-state index is 0.275. The first-order chi connectivity index (χ1) is 8.07. The first-order valence-corrected chi connectivity index (χ1v) is 6.65. The number of carbonyl (C=O) groups is 1. The highest BCUT2D eigenvalue weighted by atomic mass is 16.5. The largest absolute Gasteiger partial charge is 0.382 e. The second-order valence-electron chi connectivity index (χ2n) is 4.85. The van der Waals surface area contributed by atoms with Crippen molar-refractivity contribution in [3.8, 4) is 0 Å². The summed E-state index contributed by atoms with van der Waals surface area (Å²) >= 11 is 0. The Balaban J connectivity index is 2.36. The molecule has 0 radical (unpaired) electrons. The Labute approximate surface area is 105 Å². The van der Waals surface area contributed by atoms with Crippen molar-refractivity contribution in [1.29, 1.82) is 0 Å². The number of nitrogens with zero attached hydrogens (tertiary/aromatic N) is 2. The molecule has 0 aromatic heterocycles. The molecule has 0 saturated carbocycles. The Bertz CT molecular complexity index is 246. The lowest BCUT2D eigenvalue weighted by Gasteiger charge is -2.43. The lowest BCUT2D eigenvalue weighted by molar-refractivity contribution is -0.137. The number of amides is 1. The number of piperazine rings is 1. The van der Waals surface area contributed by atoms with Gasteiger partial charge < -0.3 is 9.64 Å². The van der Waals surface area contributed by atoms with E-state index in [0.717, 1.165) is 26.1 Å². The lowest BCUT2D eigenvalue weighted by Crippen LogP contribution is -2.57. The van der Waals surface area contributed by atoms with E-state index in [4.69, 9.17) is 4.74 Å². The van der Waals surface area contributed by atoms with Crippen LogP contribution in [0.1, 0.15) is 33.6 Å². The van der Waals surface area contributed by atoms with Crippen molar-refractivity contribution in [1.82, 2.24) is 9.80 Å². The van der Waals surface area contributed by atoms with Crippen molar-refractivity contribution in [2.24, 2.45) is 0 Å². The fourth-order valence-electron chi connectivity index (χ4n) is 2.27. The van der Waals surface area contributed by atoms with Gasteiger partial charge in [0.1, 0.15) is 0 Å². The number of hydrogen-bond acceptors (Lipinski definition) is 3. The summed E-state index contributed by atoms with van der Waals surface area (Å²) in [5.74, 6) is 0.275. The molecule has 1 saturated heterocycles. The molecule has 1 fully saturated rings. The SMILES string of the molecule is CCOCCCC(=O)N1CCN(C)C(C)C1C. The van der Waals surface area contributed by atoms with Crippen molar-refractivity contribution in [2.75, 3.05) is 33.4 Å². The maximum atomic E-state index is 12.1. The third-order valence-electron chi connectivity index (χ3n) is 3.78. The van der Waals surface area contributed by atoms with Crippen molar-refractivity contribution in [3.05, 3.63) is 0 Å². The van der Waals surface area contributed by atoms with Crippen molar-refractivity contribution < 1.29 is 9.53 Å². The molecule has 0 bridgehead atoms. The molecule has 17 heavy (non-hydrogen) atoms. The summed E-state index contributed by atoms with van der Waals surface area (Å²) in [5, 5.41) is 0. The van der Waals surface area contributed by atoms with E-state index in [-0.39, 0.29) is 5.91 Å². The zero-order valence-electron chi connectivity index (χ0n) is 11.6. The molecule has 100 valence electrons. The van der Waals surface area contributed by atoms with Crippen molar-refractivity contribution in [3.63, 3.8) is 0 Å². The Morgan fingerprint density at radius 2 is 2.00 bits per heavy atom. The van der Waals surface area contributed by atoms with Crippen LogP contribution in [0.2, 0.25) is 0 Å². The molecule has 1 aliphatic heterocycles. The smallest absolute Gasteiger partial charge is 0.222 e. The van der Waals surface area contributed by atoms with Gasteiger partial charge in [-0.3, -0.25) is 9.69 Å². The van der Waals surface area contributed by atoms with E-state index in [0.29, 0.717) is 25.1 Å². The molecule has 2 atom stereocenters. The van der Waals surface area contributed by atoms with Gasteiger partial charge in [-0.25, -0.2) is 0 Å². The van der Waals surface area contributed by atoms with Crippen LogP contribution in [0.3, 0.4) is 0 Å². The highest BCUT2D eigenvalue weighted by Gasteiger charge is 2.30. The monoisotopic (exact) mass is 242 g/mol. The number of likely N-dealkylation sites (N-methyl/N-ethyl adjacent to an activating group) is 1. The minimum Gasteiger partial charge on any atom is -0.382 e. The molecule has 0 N–H and O–H groups in total. The van der Waals surface area contributed by atoms with E-state index in [1.807, 2.05) is 11.8 Å². The number of ether oxygens (including phenoxy) is 1. The standard InChI is InChI=1S/C13H26N2O2/c1-5-17-10-6-7-13(16)15-9-8-14(4)11(2)12(15)3/h11-12H,5-10H2,1-4H3. The molecular weight excluding hydrogens is 216 g/mol. The van der Waals surface area contributed by atoms with Gasteiger partial charge in [0, 0.05) is 44.8 Å². The maximum absolute atomic E-state index is 12.1. The van der Waals surface area contributed by atoms with E-state index < -0.39 is 0 Å². The van der Waals surface area contributed by atoms with Gasteiger partial charge in [0.15, 0.2) is 0 Å². The molecule has 2 unspecified atom stereocenters. The lowest BCUT2D eigenvalue weighted by atomic mass is 10.0. The summed E-state index contributed by atoms with van der Waals surface area (Å²) in [7, 11) is 2.12. The van der Waals surface area contributed by atoms with E-state index in [1.165, 1.54) is 0 Å². The van der Waals surface area contributed by atoms with E-state index in [2.05, 4.69) is 25.8 Å². The highest BCUT2D eigenvalue weighted by molar-refractivity contribution is 5.76. The predicted molar refractivity (Wildman–Crippen MR) is 69.0 cm³/mol. The molecule has 1 amide bonds. The Kier molecular flexibility index (Phi) is 5.92. The fraction of sp³-hybridized carbons (Fsp3) is 0.923. The molecule has 1 rings (SSSR count). The normalized spacial score (nSPS) is 26.2. The number of carbonyl (C=O) groups excluding carboxylic acids is 1. The van der Waals surface area contributed by atoms with Crippen LogP contribution in [0.25, 0.3) is 0 Å². The third-order valence-corrected chi connectivity index (χ3v) is 3.78. The summed E-state index contributed by atoms with van der Waals surface area (Å²) in [5.41, 5.74) is 0. The average molecular weight is 242 g/mol. The summed E-state index contributed by atoms with van der Waals surface area (Å²) in [4.78, 5) is 16.4. The summed E-state index contributed by atoms with van der Waals surface area (Å²) in [6, 6.07) is 0.757. The van der Waals surface area contributed by atoms with Crippen LogP contribution >= 0.6 is 0 Å². The molecule has 0 spiro atoms. The first-order valence-electron chi connectivity index (χ1n) is 6.65. The van der Waals surface area contributed by atoms with Crippen LogP contribution < -0.4 is 0 Å². The van der Waals surface area contributed by atoms with Gasteiger partial charge >= 0.3 is 0 Å². The molecule has 0 aromatic carbocycles. The number of rotatable bonds is 5. The fourth-order valence-corrected chi connectivity index (χ4v) is 2.27. The molecule has 0 aromatic rings. The number of hydrogen-bond donors (Lipinski definition) is 0. The van der Waals surface area contributed by atoms with Crippen LogP contribution in [0.4, 0.5) is 0 Å². The van der Waals surface area contributed by atoms with E-state index in [1.54, 1.807) is 0 Å². The van der Waals surface area contributed by atoms with Gasteiger partial charge in [-0.2, -0.15) is 0 Å². The quantitative estimate of drug-likeness (QED) is 0.682. The van der Waals surface area contributed by atoms with Crippen molar-refractivity contribution >= 4 is 5.91 Å². The molecular formula is C13H26N2O2.